The number of nitrogens with one attached hydrogen (secondary N) is 2. The molecule has 1 aliphatic rings. The predicted molar refractivity (Wildman–Crippen MR) is 100 cm³/mol. The van der Waals surface area contributed by atoms with Gasteiger partial charge in [0.25, 0.3) is 0 Å². The maximum atomic E-state index is 12.1. The van der Waals surface area contributed by atoms with E-state index in [1.165, 1.54) is 4.88 Å². The van der Waals surface area contributed by atoms with Crippen LogP contribution in [0.1, 0.15) is 30.6 Å². The molecule has 0 aromatic carbocycles. The van der Waals surface area contributed by atoms with Crippen molar-refractivity contribution in [2.45, 2.75) is 37.6 Å². The fourth-order valence-electron chi connectivity index (χ4n) is 3.16. The Labute approximate surface area is 157 Å². The molecular weight excluding hydrogens is 350 g/mol. The fourth-order valence-corrected chi connectivity index (χ4v) is 4.01. The summed E-state index contributed by atoms with van der Waals surface area (Å²) in [5.74, 6) is 0.739. The summed E-state index contributed by atoms with van der Waals surface area (Å²) < 4.78 is 5.51. The van der Waals surface area contributed by atoms with E-state index >= 15 is 0 Å². The number of carbonyl (C=O) groups excluding carboxylic acids is 2. The summed E-state index contributed by atoms with van der Waals surface area (Å²) in [4.78, 5) is 29.1. The number of pyridine rings is 1. The van der Waals surface area contributed by atoms with Crippen LogP contribution >= 0.6 is 11.3 Å². The molecule has 2 aromatic heterocycles. The molecule has 2 amide bonds. The number of nitrogens with zero attached hydrogens (tertiary/aromatic N) is 1. The number of hydrogen-bond donors (Lipinski definition) is 2. The molecule has 7 heteroatoms. The van der Waals surface area contributed by atoms with Crippen molar-refractivity contribution < 1.29 is 14.3 Å². The van der Waals surface area contributed by atoms with Gasteiger partial charge < -0.3 is 15.4 Å². The van der Waals surface area contributed by atoms with Crippen LogP contribution < -0.4 is 15.4 Å². The molecule has 2 N–H and O–H groups in total. The van der Waals surface area contributed by atoms with Crippen molar-refractivity contribution >= 4 is 23.2 Å². The van der Waals surface area contributed by atoms with E-state index in [4.69, 9.17) is 4.74 Å². The second-order valence-electron chi connectivity index (χ2n) is 6.47. The van der Waals surface area contributed by atoms with E-state index in [0.717, 1.165) is 12.8 Å². The minimum atomic E-state index is -0.300. The second-order valence-corrected chi connectivity index (χ2v) is 7.50. The first kappa shape index (κ1) is 18.4. The molecule has 0 radical (unpaired) electrons. The van der Waals surface area contributed by atoms with Crippen LogP contribution in [0.2, 0.25) is 0 Å². The quantitative estimate of drug-likeness (QED) is 0.661. The number of amides is 2. The smallest absolute Gasteiger partial charge is 0.220 e. The van der Waals surface area contributed by atoms with Crippen LogP contribution in [-0.4, -0.2) is 35.5 Å². The number of carbonyl (C=O) groups is 2. The third kappa shape index (κ3) is 5.29. The molecule has 0 saturated carbocycles. The van der Waals surface area contributed by atoms with Gasteiger partial charge in [-0.15, -0.1) is 11.3 Å². The Balaban J connectivity index is 1.42. The van der Waals surface area contributed by atoms with E-state index in [2.05, 4.69) is 21.7 Å². The zero-order chi connectivity index (χ0) is 18.2. The van der Waals surface area contributed by atoms with Crippen molar-refractivity contribution in [3.8, 4) is 5.75 Å². The molecule has 3 heterocycles. The van der Waals surface area contributed by atoms with Gasteiger partial charge in [0.15, 0.2) is 0 Å². The van der Waals surface area contributed by atoms with E-state index in [1.54, 1.807) is 29.8 Å². The standard InChI is InChI=1S/C19H23N3O3S/c23-17(21-10-11-25-15-3-1-9-20-14-15)5-7-19(8-6-18(24)22-19)13-16-4-2-12-26-16/h1-4,9,12,14H,5-8,10-11,13H2,(H,21,23)(H,22,24). The van der Waals surface area contributed by atoms with Gasteiger partial charge in [-0.05, 0) is 36.4 Å². The third-order valence-corrected chi connectivity index (χ3v) is 5.36. The van der Waals surface area contributed by atoms with Crippen molar-refractivity contribution in [2.75, 3.05) is 13.2 Å². The Morgan fingerprint density at radius 1 is 1.38 bits per heavy atom. The topological polar surface area (TPSA) is 80.3 Å². The molecule has 6 nitrogen and oxygen atoms in total. The lowest BCUT2D eigenvalue weighted by Gasteiger charge is -2.28. The predicted octanol–water partition coefficient (Wildman–Crippen LogP) is 2.31. The van der Waals surface area contributed by atoms with Crippen LogP contribution in [0.15, 0.2) is 42.0 Å². The Morgan fingerprint density at radius 2 is 2.31 bits per heavy atom. The molecule has 1 unspecified atom stereocenters. The molecule has 0 spiro atoms. The monoisotopic (exact) mass is 373 g/mol. The van der Waals surface area contributed by atoms with Crippen molar-refractivity contribution in [1.82, 2.24) is 15.6 Å². The molecule has 26 heavy (non-hydrogen) atoms. The number of aromatic nitrogens is 1. The summed E-state index contributed by atoms with van der Waals surface area (Å²) >= 11 is 1.69. The fraction of sp³-hybridized carbons (Fsp3) is 0.421. The minimum Gasteiger partial charge on any atom is -0.490 e. The van der Waals surface area contributed by atoms with E-state index in [-0.39, 0.29) is 17.4 Å². The summed E-state index contributed by atoms with van der Waals surface area (Å²) in [6.45, 7) is 0.840. The molecule has 1 aliphatic heterocycles. The molecule has 0 aliphatic carbocycles. The van der Waals surface area contributed by atoms with Crippen LogP contribution in [-0.2, 0) is 16.0 Å². The van der Waals surface area contributed by atoms with Gasteiger partial charge in [0.2, 0.25) is 11.8 Å². The van der Waals surface area contributed by atoms with E-state index in [0.29, 0.717) is 38.2 Å². The summed E-state index contributed by atoms with van der Waals surface area (Å²) in [5, 5.41) is 8.01. The highest BCUT2D eigenvalue weighted by Gasteiger charge is 2.38. The average Bonchev–Trinajstić information content (AvgIpc) is 3.28. The summed E-state index contributed by atoms with van der Waals surface area (Å²) in [6.07, 6.45) is 6.45. The Bertz CT molecular complexity index is 721. The lowest BCUT2D eigenvalue weighted by atomic mass is 9.87. The highest BCUT2D eigenvalue weighted by molar-refractivity contribution is 7.09. The lowest BCUT2D eigenvalue weighted by molar-refractivity contribution is -0.122. The number of ether oxygens (including phenoxy) is 1. The molecule has 138 valence electrons. The summed E-state index contributed by atoms with van der Waals surface area (Å²) in [7, 11) is 0. The van der Waals surface area contributed by atoms with Gasteiger partial charge in [0.1, 0.15) is 12.4 Å². The zero-order valence-corrected chi connectivity index (χ0v) is 15.4. The van der Waals surface area contributed by atoms with Gasteiger partial charge in [0, 0.05) is 35.9 Å². The van der Waals surface area contributed by atoms with Crippen molar-refractivity contribution in [2.24, 2.45) is 0 Å². The van der Waals surface area contributed by atoms with Gasteiger partial charge in [-0.2, -0.15) is 0 Å². The first-order valence-electron chi connectivity index (χ1n) is 8.78. The van der Waals surface area contributed by atoms with Gasteiger partial charge in [-0.25, -0.2) is 0 Å². The van der Waals surface area contributed by atoms with Crippen LogP contribution in [0.4, 0.5) is 0 Å². The summed E-state index contributed by atoms with van der Waals surface area (Å²) in [6, 6.07) is 7.72. The van der Waals surface area contributed by atoms with Gasteiger partial charge >= 0.3 is 0 Å². The normalized spacial score (nSPS) is 19.2. The molecule has 1 atom stereocenters. The van der Waals surface area contributed by atoms with Gasteiger partial charge in [-0.1, -0.05) is 6.07 Å². The first-order chi connectivity index (χ1) is 12.7. The van der Waals surface area contributed by atoms with Crippen LogP contribution in [0.25, 0.3) is 0 Å². The highest BCUT2D eigenvalue weighted by Crippen LogP contribution is 2.30. The number of hydrogen-bond acceptors (Lipinski definition) is 5. The van der Waals surface area contributed by atoms with E-state index in [1.807, 2.05) is 17.5 Å². The highest BCUT2D eigenvalue weighted by atomic mass is 32.1. The van der Waals surface area contributed by atoms with Crippen LogP contribution in [0.5, 0.6) is 5.75 Å². The Hall–Kier alpha value is -2.41. The zero-order valence-electron chi connectivity index (χ0n) is 14.6. The molecule has 1 saturated heterocycles. The van der Waals surface area contributed by atoms with E-state index < -0.39 is 0 Å². The number of rotatable bonds is 9. The SMILES string of the molecule is O=C(CCC1(Cc2cccs2)CCC(=O)N1)NCCOc1cccnc1. The third-order valence-electron chi connectivity index (χ3n) is 4.49. The largest absolute Gasteiger partial charge is 0.490 e. The van der Waals surface area contributed by atoms with Gasteiger partial charge in [-0.3, -0.25) is 14.6 Å². The molecular formula is C19H23N3O3S. The van der Waals surface area contributed by atoms with E-state index in [9.17, 15) is 9.59 Å². The average molecular weight is 373 g/mol. The van der Waals surface area contributed by atoms with Crippen LogP contribution in [0, 0.1) is 0 Å². The number of thiophene rings is 1. The Kier molecular flexibility index (Phi) is 6.22. The van der Waals surface area contributed by atoms with Crippen molar-refractivity contribution in [1.29, 1.82) is 0 Å². The second kappa shape index (κ2) is 8.80. The molecule has 2 aromatic rings. The summed E-state index contributed by atoms with van der Waals surface area (Å²) in [5.41, 5.74) is -0.300. The molecule has 3 rings (SSSR count). The van der Waals surface area contributed by atoms with Crippen LogP contribution in [0.3, 0.4) is 0 Å². The molecule has 0 bridgehead atoms. The first-order valence-corrected chi connectivity index (χ1v) is 9.66. The van der Waals surface area contributed by atoms with Crippen molar-refractivity contribution in [3.05, 3.63) is 46.9 Å². The maximum absolute atomic E-state index is 12.1. The molecule has 1 fully saturated rings. The Morgan fingerprint density at radius 3 is 3.00 bits per heavy atom. The lowest BCUT2D eigenvalue weighted by Crippen LogP contribution is -2.44. The maximum Gasteiger partial charge on any atom is 0.220 e. The van der Waals surface area contributed by atoms with Crippen molar-refractivity contribution in [3.63, 3.8) is 0 Å². The van der Waals surface area contributed by atoms with Gasteiger partial charge in [0.05, 0.1) is 12.7 Å². The minimum absolute atomic E-state index is 0.0218.